The van der Waals surface area contributed by atoms with E-state index in [0.29, 0.717) is 24.7 Å². The lowest BCUT2D eigenvalue weighted by atomic mass is 9.81. The van der Waals surface area contributed by atoms with Gasteiger partial charge in [0, 0.05) is 5.92 Å². The van der Waals surface area contributed by atoms with E-state index >= 15 is 0 Å². The van der Waals surface area contributed by atoms with Crippen molar-refractivity contribution in [3.05, 3.63) is 0 Å². The Kier molecular flexibility index (Phi) is 0.969. The number of ether oxygens (including phenoxy) is 2. The van der Waals surface area contributed by atoms with Crippen LogP contribution in [0, 0.1) is 11.8 Å². The highest BCUT2D eigenvalue weighted by molar-refractivity contribution is 5.75. The van der Waals surface area contributed by atoms with Crippen molar-refractivity contribution in [3.8, 4) is 0 Å². The number of epoxide rings is 1. The summed E-state index contributed by atoms with van der Waals surface area (Å²) in [6, 6.07) is 0. The van der Waals surface area contributed by atoms with Gasteiger partial charge in [-0.3, -0.25) is 4.79 Å². The summed E-state index contributed by atoms with van der Waals surface area (Å²) in [5.41, 5.74) is 0. The van der Waals surface area contributed by atoms with Crippen molar-refractivity contribution in [3.63, 3.8) is 0 Å². The third kappa shape index (κ3) is 0.745. The molecule has 0 amide bonds. The lowest BCUT2D eigenvalue weighted by Gasteiger charge is -2.16. The molecule has 2 saturated heterocycles. The molecule has 3 fully saturated rings. The Morgan fingerprint density at radius 2 is 2.09 bits per heavy atom. The number of hydrogen-bond acceptors (Lipinski definition) is 3. The van der Waals surface area contributed by atoms with Crippen molar-refractivity contribution in [2.75, 3.05) is 6.61 Å². The van der Waals surface area contributed by atoms with Gasteiger partial charge in [0.05, 0.1) is 24.7 Å². The third-order valence-electron chi connectivity index (χ3n) is 3.02. The summed E-state index contributed by atoms with van der Waals surface area (Å²) in [4.78, 5) is 11.1. The van der Waals surface area contributed by atoms with Crippen LogP contribution in [0.25, 0.3) is 0 Å². The Morgan fingerprint density at radius 1 is 1.27 bits per heavy atom. The Hall–Kier alpha value is -0.570. The second-order valence-electron chi connectivity index (χ2n) is 3.68. The monoisotopic (exact) mass is 154 g/mol. The third-order valence-corrected chi connectivity index (χ3v) is 3.02. The van der Waals surface area contributed by atoms with Crippen molar-refractivity contribution in [2.24, 2.45) is 11.8 Å². The Balaban J connectivity index is 1.84. The summed E-state index contributed by atoms with van der Waals surface area (Å²) in [5.74, 6) is 0.633. The van der Waals surface area contributed by atoms with Crippen LogP contribution in [-0.4, -0.2) is 24.8 Å². The number of carbonyl (C=O) groups is 1. The van der Waals surface area contributed by atoms with E-state index < -0.39 is 0 Å². The van der Waals surface area contributed by atoms with Crippen molar-refractivity contribution < 1.29 is 14.3 Å². The second-order valence-corrected chi connectivity index (χ2v) is 3.68. The molecule has 2 heterocycles. The molecule has 0 aromatic rings. The molecule has 0 aromatic carbocycles. The van der Waals surface area contributed by atoms with Gasteiger partial charge in [-0.25, -0.2) is 0 Å². The normalized spacial score (nSPS) is 52.9. The van der Waals surface area contributed by atoms with Crippen molar-refractivity contribution in [2.45, 2.75) is 25.0 Å². The first-order valence-electron chi connectivity index (χ1n) is 4.16. The number of fused-ring (bicyclic) bond motifs is 2. The molecule has 3 nitrogen and oxygen atoms in total. The first-order chi connectivity index (χ1) is 5.34. The summed E-state index contributed by atoms with van der Waals surface area (Å²) in [5, 5.41) is 0. The first-order valence-corrected chi connectivity index (χ1v) is 4.16. The molecular weight excluding hydrogens is 144 g/mol. The molecule has 60 valence electrons. The number of carbonyl (C=O) groups excluding carboxylic acids is 1. The minimum absolute atomic E-state index is 0.00366. The zero-order valence-electron chi connectivity index (χ0n) is 6.16. The average molecular weight is 154 g/mol. The molecule has 4 atom stereocenters. The van der Waals surface area contributed by atoms with Crippen LogP contribution in [0.3, 0.4) is 0 Å². The fraction of sp³-hybridized carbons (Fsp3) is 0.875. The molecular formula is C8H10O3. The van der Waals surface area contributed by atoms with Gasteiger partial charge < -0.3 is 9.47 Å². The van der Waals surface area contributed by atoms with Gasteiger partial charge in [0.15, 0.2) is 0 Å². The lowest BCUT2D eigenvalue weighted by Crippen LogP contribution is -2.24. The molecule has 3 rings (SSSR count). The highest BCUT2D eigenvalue weighted by atomic mass is 16.6. The Labute approximate surface area is 64.7 Å². The summed E-state index contributed by atoms with van der Waals surface area (Å²) < 4.78 is 10.3. The molecule has 0 bridgehead atoms. The largest absolute Gasteiger partial charge is 0.465 e. The minimum Gasteiger partial charge on any atom is -0.465 e. The highest BCUT2D eigenvalue weighted by Crippen LogP contribution is 2.45. The molecule has 1 saturated carbocycles. The van der Waals surface area contributed by atoms with Crippen LogP contribution < -0.4 is 0 Å². The second kappa shape index (κ2) is 1.78. The maximum atomic E-state index is 11.1. The predicted molar refractivity (Wildman–Crippen MR) is 35.8 cm³/mol. The zero-order chi connectivity index (χ0) is 7.42. The highest BCUT2D eigenvalue weighted by Gasteiger charge is 2.53. The maximum Gasteiger partial charge on any atom is 0.309 e. The molecule has 11 heavy (non-hydrogen) atoms. The predicted octanol–water partition coefficient (Wildman–Crippen LogP) is 0.337. The van der Waals surface area contributed by atoms with Gasteiger partial charge >= 0.3 is 5.97 Å². The summed E-state index contributed by atoms with van der Waals surface area (Å²) >= 11 is 0. The Bertz CT molecular complexity index is 213. The van der Waals surface area contributed by atoms with Crippen LogP contribution in [0.5, 0.6) is 0 Å². The summed E-state index contributed by atoms with van der Waals surface area (Å²) in [6.45, 7) is 0.635. The van der Waals surface area contributed by atoms with E-state index in [1.807, 2.05) is 0 Å². The number of hydrogen-bond donors (Lipinski definition) is 0. The Morgan fingerprint density at radius 3 is 3.00 bits per heavy atom. The summed E-state index contributed by atoms with van der Waals surface area (Å²) in [7, 11) is 0. The SMILES string of the molecule is O=C1OC[C@H]2C[C@H]3O[C@H]3C[C@@H]12. The topological polar surface area (TPSA) is 38.8 Å². The molecule has 0 unspecified atom stereocenters. The van der Waals surface area contributed by atoms with Crippen LogP contribution in [0.15, 0.2) is 0 Å². The zero-order valence-corrected chi connectivity index (χ0v) is 6.16. The van der Waals surface area contributed by atoms with Crippen LogP contribution in [0.2, 0.25) is 0 Å². The molecule has 1 aliphatic carbocycles. The fourth-order valence-electron chi connectivity index (χ4n) is 2.27. The van der Waals surface area contributed by atoms with Crippen LogP contribution in [-0.2, 0) is 14.3 Å². The van der Waals surface area contributed by atoms with Gasteiger partial charge in [0.2, 0.25) is 0 Å². The van der Waals surface area contributed by atoms with Gasteiger partial charge in [-0.2, -0.15) is 0 Å². The molecule has 2 aliphatic heterocycles. The van der Waals surface area contributed by atoms with Crippen molar-refractivity contribution in [1.29, 1.82) is 0 Å². The van der Waals surface area contributed by atoms with E-state index in [-0.39, 0.29) is 11.9 Å². The average Bonchev–Trinajstić information content (AvgIpc) is 2.68. The molecule has 3 heteroatoms. The van der Waals surface area contributed by atoms with E-state index in [1.165, 1.54) is 0 Å². The van der Waals surface area contributed by atoms with Gasteiger partial charge in [-0.05, 0) is 12.8 Å². The van der Waals surface area contributed by atoms with E-state index in [0.717, 1.165) is 12.8 Å². The molecule has 0 aromatic heterocycles. The van der Waals surface area contributed by atoms with Crippen LogP contribution in [0.1, 0.15) is 12.8 Å². The van der Waals surface area contributed by atoms with Gasteiger partial charge in [-0.15, -0.1) is 0 Å². The number of esters is 1. The van der Waals surface area contributed by atoms with E-state index in [9.17, 15) is 4.79 Å². The van der Waals surface area contributed by atoms with Gasteiger partial charge in [0.1, 0.15) is 0 Å². The number of cyclic esters (lactones) is 1. The van der Waals surface area contributed by atoms with Gasteiger partial charge in [-0.1, -0.05) is 0 Å². The molecule has 0 N–H and O–H groups in total. The standard InChI is InChI=1S/C8H10O3/c9-8-5-2-7-6(11-7)1-4(5)3-10-8/h4-7H,1-3H2/t4-,5-,6-,7+/m1/s1. The smallest absolute Gasteiger partial charge is 0.309 e. The first kappa shape index (κ1) is 6.00. The molecule has 0 radical (unpaired) electrons. The quantitative estimate of drug-likeness (QED) is 0.373. The number of rotatable bonds is 0. The fourth-order valence-corrected chi connectivity index (χ4v) is 2.27. The maximum absolute atomic E-state index is 11.1. The minimum atomic E-state index is 0.00366. The van der Waals surface area contributed by atoms with Crippen LogP contribution in [0.4, 0.5) is 0 Å². The van der Waals surface area contributed by atoms with E-state index in [4.69, 9.17) is 9.47 Å². The van der Waals surface area contributed by atoms with E-state index in [1.54, 1.807) is 0 Å². The van der Waals surface area contributed by atoms with Crippen LogP contribution >= 0.6 is 0 Å². The molecule has 0 spiro atoms. The summed E-state index contributed by atoms with van der Waals surface area (Å²) in [6.07, 6.45) is 2.81. The van der Waals surface area contributed by atoms with E-state index in [2.05, 4.69) is 0 Å². The van der Waals surface area contributed by atoms with Crippen molar-refractivity contribution >= 4 is 5.97 Å². The molecule has 3 aliphatic rings. The van der Waals surface area contributed by atoms with Gasteiger partial charge in [0.25, 0.3) is 0 Å². The lowest BCUT2D eigenvalue weighted by molar-refractivity contribution is -0.141. The van der Waals surface area contributed by atoms with Crippen molar-refractivity contribution in [1.82, 2.24) is 0 Å².